The van der Waals surface area contributed by atoms with Gasteiger partial charge in [-0.2, -0.15) is 0 Å². The third-order valence-corrected chi connectivity index (χ3v) is 3.22. The standard InChI is InChI=1S/C16H19N3O3/c1-4-13-14(10(3)22-19-13)16(21)18-12-8-6-7-11(9-12)15(20)17-5-2/h6-9H,4-5H2,1-3H3,(H,17,20)(H,18,21). The molecule has 1 heterocycles. The summed E-state index contributed by atoms with van der Waals surface area (Å²) in [6, 6.07) is 6.79. The van der Waals surface area contributed by atoms with E-state index in [1.54, 1.807) is 31.2 Å². The molecular weight excluding hydrogens is 282 g/mol. The van der Waals surface area contributed by atoms with Gasteiger partial charge >= 0.3 is 0 Å². The van der Waals surface area contributed by atoms with Gasteiger partial charge in [0.1, 0.15) is 11.3 Å². The molecule has 2 amide bonds. The van der Waals surface area contributed by atoms with Gasteiger partial charge in [0.05, 0.1) is 5.69 Å². The molecule has 0 unspecified atom stereocenters. The maximum atomic E-state index is 12.4. The van der Waals surface area contributed by atoms with Crippen molar-refractivity contribution in [2.45, 2.75) is 27.2 Å². The first-order valence-electron chi connectivity index (χ1n) is 7.21. The lowest BCUT2D eigenvalue weighted by molar-refractivity contribution is 0.0954. The Kier molecular flexibility index (Phi) is 4.93. The predicted molar refractivity (Wildman–Crippen MR) is 83.0 cm³/mol. The second-order valence-electron chi connectivity index (χ2n) is 4.81. The molecule has 0 atom stereocenters. The van der Waals surface area contributed by atoms with Crippen molar-refractivity contribution in [1.82, 2.24) is 10.5 Å². The maximum Gasteiger partial charge on any atom is 0.261 e. The van der Waals surface area contributed by atoms with Crippen molar-refractivity contribution in [3.63, 3.8) is 0 Å². The number of rotatable bonds is 5. The summed E-state index contributed by atoms with van der Waals surface area (Å²) >= 11 is 0. The summed E-state index contributed by atoms with van der Waals surface area (Å²) in [5, 5.41) is 9.37. The summed E-state index contributed by atoms with van der Waals surface area (Å²) in [6.07, 6.45) is 0.610. The van der Waals surface area contributed by atoms with E-state index < -0.39 is 0 Å². The normalized spacial score (nSPS) is 10.3. The van der Waals surface area contributed by atoms with Gasteiger partial charge in [0.25, 0.3) is 11.8 Å². The van der Waals surface area contributed by atoms with Gasteiger partial charge in [-0.1, -0.05) is 18.1 Å². The van der Waals surface area contributed by atoms with E-state index in [0.29, 0.717) is 41.2 Å². The maximum absolute atomic E-state index is 12.4. The number of aromatic nitrogens is 1. The minimum atomic E-state index is -0.288. The Morgan fingerprint density at radius 3 is 2.68 bits per heavy atom. The van der Waals surface area contributed by atoms with Crippen LogP contribution in [0.3, 0.4) is 0 Å². The monoisotopic (exact) mass is 301 g/mol. The molecular formula is C16H19N3O3. The minimum Gasteiger partial charge on any atom is -0.361 e. The molecule has 2 rings (SSSR count). The van der Waals surface area contributed by atoms with Crippen LogP contribution in [-0.4, -0.2) is 23.5 Å². The molecule has 0 radical (unpaired) electrons. The molecule has 22 heavy (non-hydrogen) atoms. The van der Waals surface area contributed by atoms with Crippen LogP contribution in [0.2, 0.25) is 0 Å². The number of benzene rings is 1. The van der Waals surface area contributed by atoms with Gasteiger partial charge in [0.2, 0.25) is 0 Å². The van der Waals surface area contributed by atoms with Crippen LogP contribution in [0.5, 0.6) is 0 Å². The molecule has 0 saturated carbocycles. The van der Waals surface area contributed by atoms with Crippen LogP contribution in [-0.2, 0) is 6.42 Å². The third-order valence-electron chi connectivity index (χ3n) is 3.22. The van der Waals surface area contributed by atoms with Crippen LogP contribution < -0.4 is 10.6 Å². The average Bonchev–Trinajstić information content (AvgIpc) is 2.88. The largest absolute Gasteiger partial charge is 0.361 e. The molecule has 1 aromatic heterocycles. The minimum absolute atomic E-state index is 0.172. The number of nitrogens with zero attached hydrogens (tertiary/aromatic N) is 1. The summed E-state index contributed by atoms with van der Waals surface area (Å²) in [7, 11) is 0. The second kappa shape index (κ2) is 6.89. The molecule has 0 spiro atoms. The van der Waals surface area contributed by atoms with Crippen LogP contribution in [0, 0.1) is 6.92 Å². The number of nitrogens with one attached hydrogen (secondary N) is 2. The van der Waals surface area contributed by atoms with Crippen LogP contribution in [0.1, 0.15) is 46.0 Å². The van der Waals surface area contributed by atoms with Crippen molar-refractivity contribution in [3.8, 4) is 0 Å². The summed E-state index contributed by atoms with van der Waals surface area (Å²) in [6.45, 7) is 6.01. The Balaban J connectivity index is 2.20. The van der Waals surface area contributed by atoms with Crippen molar-refractivity contribution < 1.29 is 14.1 Å². The van der Waals surface area contributed by atoms with Crippen molar-refractivity contribution in [1.29, 1.82) is 0 Å². The highest BCUT2D eigenvalue weighted by Gasteiger charge is 2.19. The zero-order chi connectivity index (χ0) is 16.1. The summed E-state index contributed by atoms with van der Waals surface area (Å²) in [4.78, 5) is 24.2. The first-order valence-corrected chi connectivity index (χ1v) is 7.21. The van der Waals surface area contributed by atoms with Gasteiger partial charge in [-0.25, -0.2) is 0 Å². The molecule has 0 aliphatic carbocycles. The van der Waals surface area contributed by atoms with Gasteiger partial charge in [0.15, 0.2) is 0 Å². The Morgan fingerprint density at radius 1 is 1.23 bits per heavy atom. The van der Waals surface area contributed by atoms with Crippen molar-refractivity contribution in [3.05, 3.63) is 46.8 Å². The molecule has 2 aromatic rings. The van der Waals surface area contributed by atoms with Gasteiger partial charge in [-0.15, -0.1) is 0 Å². The van der Waals surface area contributed by atoms with Crippen molar-refractivity contribution in [2.75, 3.05) is 11.9 Å². The number of anilines is 1. The molecule has 0 fully saturated rings. The fourth-order valence-corrected chi connectivity index (χ4v) is 2.14. The van der Waals surface area contributed by atoms with Gasteiger partial charge in [-0.3, -0.25) is 9.59 Å². The van der Waals surface area contributed by atoms with E-state index in [2.05, 4.69) is 15.8 Å². The van der Waals surface area contributed by atoms with Crippen LogP contribution in [0.15, 0.2) is 28.8 Å². The van der Waals surface area contributed by atoms with Gasteiger partial charge in [0, 0.05) is 17.8 Å². The van der Waals surface area contributed by atoms with Gasteiger partial charge < -0.3 is 15.2 Å². The van der Waals surface area contributed by atoms with E-state index in [-0.39, 0.29) is 11.8 Å². The molecule has 6 nitrogen and oxygen atoms in total. The van der Waals surface area contributed by atoms with E-state index >= 15 is 0 Å². The highest BCUT2D eigenvalue weighted by atomic mass is 16.5. The van der Waals surface area contributed by atoms with E-state index in [0.717, 1.165) is 0 Å². The number of carbonyl (C=O) groups excluding carboxylic acids is 2. The predicted octanol–water partition coefficient (Wildman–Crippen LogP) is 2.55. The molecule has 0 bridgehead atoms. The number of hydrogen-bond donors (Lipinski definition) is 2. The molecule has 2 N–H and O–H groups in total. The Morgan fingerprint density at radius 2 is 2.00 bits per heavy atom. The van der Waals surface area contributed by atoms with Crippen LogP contribution in [0.25, 0.3) is 0 Å². The molecule has 0 saturated heterocycles. The topological polar surface area (TPSA) is 84.2 Å². The first-order chi connectivity index (χ1) is 10.6. The Labute approximate surface area is 128 Å². The van der Waals surface area contributed by atoms with E-state index in [1.807, 2.05) is 13.8 Å². The molecule has 0 aliphatic heterocycles. The average molecular weight is 301 g/mol. The quantitative estimate of drug-likeness (QED) is 0.889. The summed E-state index contributed by atoms with van der Waals surface area (Å²) in [5.41, 5.74) is 2.12. The first kappa shape index (κ1) is 15.8. The number of amides is 2. The highest BCUT2D eigenvalue weighted by molar-refractivity contribution is 6.06. The number of aryl methyl sites for hydroxylation is 2. The van der Waals surface area contributed by atoms with Crippen LogP contribution >= 0.6 is 0 Å². The third kappa shape index (κ3) is 3.33. The summed E-state index contributed by atoms with van der Waals surface area (Å²) < 4.78 is 5.06. The number of hydrogen-bond acceptors (Lipinski definition) is 4. The SMILES string of the molecule is CCNC(=O)c1cccc(NC(=O)c2c(CC)noc2C)c1. The van der Waals surface area contributed by atoms with Crippen LogP contribution in [0.4, 0.5) is 5.69 Å². The molecule has 6 heteroatoms. The molecule has 1 aromatic carbocycles. The fourth-order valence-electron chi connectivity index (χ4n) is 2.14. The lowest BCUT2D eigenvalue weighted by Gasteiger charge is -2.07. The Bertz CT molecular complexity index is 692. The van der Waals surface area contributed by atoms with E-state index in [1.165, 1.54) is 0 Å². The lowest BCUT2D eigenvalue weighted by atomic mass is 10.1. The van der Waals surface area contributed by atoms with E-state index in [4.69, 9.17) is 4.52 Å². The number of carbonyl (C=O) groups is 2. The van der Waals surface area contributed by atoms with Gasteiger partial charge in [-0.05, 0) is 38.5 Å². The molecule has 0 aliphatic rings. The second-order valence-corrected chi connectivity index (χ2v) is 4.81. The zero-order valence-electron chi connectivity index (χ0n) is 12.9. The summed E-state index contributed by atoms with van der Waals surface area (Å²) in [5.74, 6) is 0.0203. The smallest absolute Gasteiger partial charge is 0.261 e. The Hall–Kier alpha value is -2.63. The molecule has 116 valence electrons. The zero-order valence-corrected chi connectivity index (χ0v) is 12.9. The van der Waals surface area contributed by atoms with Crippen molar-refractivity contribution >= 4 is 17.5 Å². The van der Waals surface area contributed by atoms with E-state index in [9.17, 15) is 9.59 Å². The fraction of sp³-hybridized carbons (Fsp3) is 0.312. The lowest BCUT2D eigenvalue weighted by Crippen LogP contribution is -2.23. The highest BCUT2D eigenvalue weighted by Crippen LogP contribution is 2.17. The van der Waals surface area contributed by atoms with Crippen molar-refractivity contribution in [2.24, 2.45) is 0 Å².